The molecule has 4 rings (SSSR count). The van der Waals surface area contributed by atoms with Gasteiger partial charge >= 0.3 is 6.03 Å². The van der Waals surface area contributed by atoms with Gasteiger partial charge in [-0.1, -0.05) is 41.9 Å². The van der Waals surface area contributed by atoms with E-state index in [4.69, 9.17) is 11.6 Å². The molecule has 0 atom stereocenters. The van der Waals surface area contributed by atoms with Crippen LogP contribution in [0, 0.1) is 0 Å². The average Bonchev–Trinajstić information content (AvgIpc) is 3.22. The summed E-state index contributed by atoms with van der Waals surface area (Å²) in [7, 11) is 0. The van der Waals surface area contributed by atoms with Crippen molar-refractivity contribution in [3.63, 3.8) is 0 Å². The van der Waals surface area contributed by atoms with Gasteiger partial charge in [-0.3, -0.25) is 4.90 Å². The van der Waals surface area contributed by atoms with Crippen molar-refractivity contribution in [2.24, 2.45) is 0 Å². The molecule has 0 saturated carbocycles. The minimum Gasteiger partial charge on any atom is -0.334 e. The lowest BCUT2D eigenvalue weighted by Crippen LogP contribution is -2.51. The number of piperazine rings is 1. The van der Waals surface area contributed by atoms with Crippen molar-refractivity contribution in [1.82, 2.24) is 35.3 Å². The van der Waals surface area contributed by atoms with E-state index in [2.05, 4.69) is 25.7 Å². The standard InChI is InChI=1S/C20H22ClN7O/c21-17-8-6-16(7-9-17)14-22-20(29)27-12-10-26(11-13-27)15-19-23-24-25-28(19)18-4-2-1-3-5-18/h1-9H,10-15H2,(H,22,29). The number of benzene rings is 2. The molecule has 2 heterocycles. The van der Waals surface area contributed by atoms with Crippen LogP contribution in [0.15, 0.2) is 54.6 Å². The number of carbonyl (C=O) groups is 1. The molecule has 29 heavy (non-hydrogen) atoms. The van der Waals surface area contributed by atoms with Crippen LogP contribution < -0.4 is 5.32 Å². The Labute approximate surface area is 174 Å². The third-order valence-corrected chi connectivity index (χ3v) is 5.17. The molecule has 1 aliphatic rings. The lowest BCUT2D eigenvalue weighted by atomic mass is 10.2. The molecule has 8 nitrogen and oxygen atoms in total. The van der Waals surface area contributed by atoms with Crippen LogP contribution >= 0.6 is 11.6 Å². The summed E-state index contributed by atoms with van der Waals surface area (Å²) in [4.78, 5) is 16.5. The highest BCUT2D eigenvalue weighted by Crippen LogP contribution is 2.12. The topological polar surface area (TPSA) is 79.2 Å². The Morgan fingerprint density at radius 2 is 1.72 bits per heavy atom. The summed E-state index contributed by atoms with van der Waals surface area (Å²) in [5.74, 6) is 0.789. The van der Waals surface area contributed by atoms with Crippen LogP contribution in [0.3, 0.4) is 0 Å². The summed E-state index contributed by atoms with van der Waals surface area (Å²) in [6.07, 6.45) is 0. The molecular formula is C20H22ClN7O. The predicted octanol–water partition coefficient (Wildman–Crippen LogP) is 2.34. The number of hydrogen-bond donors (Lipinski definition) is 1. The summed E-state index contributed by atoms with van der Waals surface area (Å²) < 4.78 is 1.76. The summed E-state index contributed by atoms with van der Waals surface area (Å²) in [6, 6.07) is 17.3. The van der Waals surface area contributed by atoms with Crippen LogP contribution in [-0.2, 0) is 13.1 Å². The molecule has 2 amide bonds. The Bertz CT molecular complexity index is 937. The minimum atomic E-state index is -0.0475. The Hall–Kier alpha value is -2.97. The highest BCUT2D eigenvalue weighted by atomic mass is 35.5. The van der Waals surface area contributed by atoms with E-state index < -0.39 is 0 Å². The highest BCUT2D eigenvalue weighted by Gasteiger charge is 2.22. The van der Waals surface area contributed by atoms with Gasteiger partial charge < -0.3 is 10.2 Å². The summed E-state index contributed by atoms with van der Waals surface area (Å²) in [5, 5.41) is 15.7. The lowest BCUT2D eigenvalue weighted by Gasteiger charge is -2.34. The Morgan fingerprint density at radius 3 is 2.45 bits per heavy atom. The molecule has 0 bridgehead atoms. The maximum Gasteiger partial charge on any atom is 0.317 e. The maximum atomic E-state index is 12.4. The molecule has 1 saturated heterocycles. The van der Waals surface area contributed by atoms with Crippen molar-refractivity contribution in [2.45, 2.75) is 13.1 Å². The largest absolute Gasteiger partial charge is 0.334 e. The van der Waals surface area contributed by atoms with E-state index in [0.717, 1.165) is 30.2 Å². The number of aromatic nitrogens is 4. The number of carbonyl (C=O) groups excluding carboxylic acids is 1. The molecule has 9 heteroatoms. The van der Waals surface area contributed by atoms with E-state index in [1.54, 1.807) is 4.68 Å². The smallest absolute Gasteiger partial charge is 0.317 e. The first-order valence-corrected chi connectivity index (χ1v) is 9.89. The highest BCUT2D eigenvalue weighted by molar-refractivity contribution is 6.30. The van der Waals surface area contributed by atoms with E-state index >= 15 is 0 Å². The molecule has 0 aliphatic carbocycles. The van der Waals surface area contributed by atoms with Crippen molar-refractivity contribution in [2.75, 3.05) is 26.2 Å². The number of tetrazole rings is 1. The van der Waals surface area contributed by atoms with Crippen molar-refractivity contribution in [3.05, 3.63) is 71.0 Å². The molecule has 1 N–H and O–H groups in total. The summed E-state index contributed by atoms with van der Waals surface area (Å²) in [5.41, 5.74) is 1.96. The molecule has 3 aromatic rings. The lowest BCUT2D eigenvalue weighted by molar-refractivity contribution is 0.133. The fraction of sp³-hybridized carbons (Fsp3) is 0.300. The van der Waals surface area contributed by atoms with Gasteiger partial charge in [-0.15, -0.1) is 5.10 Å². The molecule has 1 aliphatic heterocycles. The van der Waals surface area contributed by atoms with E-state index in [1.165, 1.54) is 0 Å². The second-order valence-corrected chi connectivity index (χ2v) is 7.33. The van der Waals surface area contributed by atoms with Gasteiger partial charge in [0.15, 0.2) is 5.82 Å². The first kappa shape index (κ1) is 19.4. The number of para-hydroxylation sites is 1. The second-order valence-electron chi connectivity index (χ2n) is 6.89. The quantitative estimate of drug-likeness (QED) is 0.697. The second kappa shape index (κ2) is 9.02. The van der Waals surface area contributed by atoms with Crippen molar-refractivity contribution < 1.29 is 4.79 Å². The zero-order valence-corrected chi connectivity index (χ0v) is 16.7. The van der Waals surface area contributed by atoms with Crippen LogP contribution in [0.2, 0.25) is 5.02 Å². The van der Waals surface area contributed by atoms with E-state index in [9.17, 15) is 4.79 Å². The normalized spacial score (nSPS) is 14.7. The van der Waals surface area contributed by atoms with E-state index in [-0.39, 0.29) is 6.03 Å². The SMILES string of the molecule is O=C(NCc1ccc(Cl)cc1)N1CCN(Cc2nnnn2-c2ccccc2)CC1. The van der Waals surface area contributed by atoms with Gasteiger partial charge in [0.2, 0.25) is 0 Å². The zero-order chi connectivity index (χ0) is 20.1. The molecule has 1 fully saturated rings. The average molecular weight is 412 g/mol. The van der Waals surface area contributed by atoms with Gasteiger partial charge in [-0.25, -0.2) is 4.79 Å². The maximum absolute atomic E-state index is 12.4. The van der Waals surface area contributed by atoms with Crippen LogP contribution in [0.5, 0.6) is 0 Å². The van der Waals surface area contributed by atoms with Gasteiger partial charge in [0.25, 0.3) is 0 Å². The third-order valence-electron chi connectivity index (χ3n) is 4.92. The number of halogens is 1. The van der Waals surface area contributed by atoms with Crippen molar-refractivity contribution >= 4 is 17.6 Å². The van der Waals surface area contributed by atoms with Crippen LogP contribution in [-0.4, -0.2) is 62.2 Å². The predicted molar refractivity (Wildman–Crippen MR) is 110 cm³/mol. The summed E-state index contributed by atoms with van der Waals surface area (Å²) >= 11 is 5.89. The fourth-order valence-corrected chi connectivity index (χ4v) is 3.40. The Morgan fingerprint density at radius 1 is 1.00 bits per heavy atom. The van der Waals surface area contributed by atoms with E-state index in [1.807, 2.05) is 59.5 Å². The van der Waals surface area contributed by atoms with Crippen LogP contribution in [0.1, 0.15) is 11.4 Å². The van der Waals surface area contributed by atoms with Gasteiger partial charge in [-0.05, 0) is 40.3 Å². The monoisotopic (exact) mass is 411 g/mol. The van der Waals surface area contributed by atoms with E-state index in [0.29, 0.717) is 31.2 Å². The molecule has 2 aromatic carbocycles. The number of rotatable bonds is 5. The van der Waals surface area contributed by atoms with Gasteiger partial charge in [0.05, 0.1) is 12.2 Å². The van der Waals surface area contributed by atoms with Crippen molar-refractivity contribution in [1.29, 1.82) is 0 Å². The number of hydrogen-bond acceptors (Lipinski definition) is 5. The van der Waals surface area contributed by atoms with Crippen molar-refractivity contribution in [3.8, 4) is 5.69 Å². The number of urea groups is 1. The van der Waals surface area contributed by atoms with Gasteiger partial charge in [0.1, 0.15) is 0 Å². The number of amides is 2. The van der Waals surface area contributed by atoms with Gasteiger partial charge in [-0.2, -0.15) is 4.68 Å². The van der Waals surface area contributed by atoms with Crippen LogP contribution in [0.25, 0.3) is 5.69 Å². The Kier molecular flexibility index (Phi) is 6.02. The molecule has 0 unspecified atom stereocenters. The molecule has 0 radical (unpaired) electrons. The summed E-state index contributed by atoms with van der Waals surface area (Å²) in [6.45, 7) is 4.01. The number of nitrogens with zero attached hydrogens (tertiary/aromatic N) is 6. The molecule has 0 spiro atoms. The minimum absolute atomic E-state index is 0.0475. The van der Waals surface area contributed by atoms with Gasteiger partial charge in [0, 0.05) is 37.7 Å². The third kappa shape index (κ3) is 4.90. The fourth-order valence-electron chi connectivity index (χ4n) is 3.27. The first-order valence-electron chi connectivity index (χ1n) is 9.51. The molecular weight excluding hydrogens is 390 g/mol. The number of nitrogens with one attached hydrogen (secondary N) is 1. The zero-order valence-electron chi connectivity index (χ0n) is 15.9. The van der Waals surface area contributed by atoms with Crippen LogP contribution in [0.4, 0.5) is 4.79 Å². The molecule has 1 aromatic heterocycles. The Balaban J connectivity index is 1.27. The first-order chi connectivity index (χ1) is 14.2. The molecule has 150 valence electrons.